The van der Waals surface area contributed by atoms with Gasteiger partial charge in [-0.25, -0.2) is 5.43 Å². The molecule has 0 fully saturated rings. The van der Waals surface area contributed by atoms with Crippen LogP contribution in [0, 0.1) is 12.3 Å². The molecule has 0 atom stereocenters. The minimum Gasteiger partial charge on any atom is -0.369 e. The summed E-state index contributed by atoms with van der Waals surface area (Å²) in [4.78, 5) is 0. The molecule has 0 heterocycles. The van der Waals surface area contributed by atoms with Crippen LogP contribution in [0.25, 0.3) is 0 Å². The summed E-state index contributed by atoms with van der Waals surface area (Å²) in [5, 5.41) is 11.3. The fraction of sp³-hybridized carbons (Fsp3) is 0.111. The van der Waals surface area contributed by atoms with Crippen LogP contribution in [-0.2, 0) is 0 Å². The Kier molecular flexibility index (Phi) is 3.48. The molecule has 14 heavy (non-hydrogen) atoms. The van der Waals surface area contributed by atoms with Crippen LogP contribution in [-0.4, -0.2) is 12.2 Å². The molecule has 5 heteroatoms. The van der Waals surface area contributed by atoms with Crippen LogP contribution in [0.15, 0.2) is 23.3 Å². The average molecular weight is 211 g/mol. The first-order valence-corrected chi connectivity index (χ1v) is 4.37. The third kappa shape index (κ3) is 2.74. The van der Waals surface area contributed by atoms with Gasteiger partial charge in [0.1, 0.15) is 0 Å². The number of halogens is 1. The molecule has 0 aliphatic carbocycles. The quantitative estimate of drug-likeness (QED) is 0.393. The lowest BCUT2D eigenvalue weighted by Gasteiger charge is -2.00. The topological polar surface area (TPSA) is 74.3 Å². The fourth-order valence-electron chi connectivity index (χ4n) is 0.941. The molecule has 0 saturated heterocycles. The van der Waals surface area contributed by atoms with Crippen LogP contribution < -0.4 is 11.2 Å². The van der Waals surface area contributed by atoms with E-state index in [1.807, 2.05) is 25.1 Å². The highest BCUT2D eigenvalue weighted by Crippen LogP contribution is 2.18. The molecule has 0 saturated carbocycles. The maximum absolute atomic E-state index is 6.88. The van der Waals surface area contributed by atoms with Gasteiger partial charge in [0.15, 0.2) is 0 Å². The molecule has 1 rings (SSSR count). The summed E-state index contributed by atoms with van der Waals surface area (Å²) in [6.07, 6.45) is 1.52. The predicted molar refractivity (Wildman–Crippen MR) is 58.8 cm³/mol. The molecule has 0 aliphatic heterocycles. The van der Waals surface area contributed by atoms with Gasteiger partial charge >= 0.3 is 0 Å². The summed E-state index contributed by atoms with van der Waals surface area (Å²) < 4.78 is 0. The molecule has 0 aromatic heterocycles. The van der Waals surface area contributed by atoms with Gasteiger partial charge in [-0.2, -0.15) is 5.10 Å². The smallest absolute Gasteiger partial charge is 0.206 e. The second-order valence-corrected chi connectivity index (χ2v) is 3.14. The van der Waals surface area contributed by atoms with E-state index in [-0.39, 0.29) is 5.96 Å². The summed E-state index contributed by atoms with van der Waals surface area (Å²) in [5.41, 5.74) is 9.14. The van der Waals surface area contributed by atoms with Crippen LogP contribution in [0.2, 0.25) is 5.02 Å². The van der Waals surface area contributed by atoms with Crippen molar-refractivity contribution in [1.82, 2.24) is 5.43 Å². The Balaban J connectivity index is 2.81. The summed E-state index contributed by atoms with van der Waals surface area (Å²) in [5.74, 6) is -0.204. The van der Waals surface area contributed by atoms with Gasteiger partial charge < -0.3 is 5.73 Å². The predicted octanol–water partition coefficient (Wildman–Crippen LogP) is 1.47. The van der Waals surface area contributed by atoms with E-state index in [4.69, 9.17) is 22.7 Å². The number of benzene rings is 1. The number of rotatable bonds is 2. The van der Waals surface area contributed by atoms with Crippen LogP contribution in [0.3, 0.4) is 0 Å². The van der Waals surface area contributed by atoms with Gasteiger partial charge in [0.05, 0.1) is 11.2 Å². The highest BCUT2D eigenvalue weighted by atomic mass is 35.5. The first kappa shape index (κ1) is 10.5. The van der Waals surface area contributed by atoms with Gasteiger partial charge in [0.2, 0.25) is 5.96 Å². The Hall–Kier alpha value is -1.55. The molecule has 4 nitrogen and oxygen atoms in total. The number of nitrogens with one attached hydrogen (secondary N) is 2. The highest BCUT2D eigenvalue weighted by Gasteiger charge is 1.98. The zero-order valence-corrected chi connectivity index (χ0v) is 8.47. The molecular formula is C9H11ClN4. The van der Waals surface area contributed by atoms with Crippen molar-refractivity contribution in [3.63, 3.8) is 0 Å². The van der Waals surface area contributed by atoms with E-state index in [9.17, 15) is 0 Å². The van der Waals surface area contributed by atoms with E-state index < -0.39 is 0 Å². The van der Waals surface area contributed by atoms with Gasteiger partial charge in [0, 0.05) is 5.56 Å². The summed E-state index contributed by atoms with van der Waals surface area (Å²) >= 11 is 6.00. The van der Waals surface area contributed by atoms with Crippen LogP contribution in [0.1, 0.15) is 11.1 Å². The minimum absolute atomic E-state index is 0.204. The second kappa shape index (κ2) is 4.62. The first-order chi connectivity index (χ1) is 6.61. The Morgan fingerprint density at radius 1 is 1.64 bits per heavy atom. The van der Waals surface area contributed by atoms with E-state index in [0.717, 1.165) is 11.1 Å². The lowest BCUT2D eigenvalue weighted by Crippen LogP contribution is -2.25. The van der Waals surface area contributed by atoms with E-state index in [1.165, 1.54) is 6.21 Å². The molecule has 0 spiro atoms. The van der Waals surface area contributed by atoms with Crippen LogP contribution >= 0.6 is 11.6 Å². The molecule has 0 bridgehead atoms. The van der Waals surface area contributed by atoms with Gasteiger partial charge in [-0.3, -0.25) is 5.41 Å². The van der Waals surface area contributed by atoms with E-state index in [2.05, 4.69) is 10.5 Å². The summed E-state index contributed by atoms with van der Waals surface area (Å²) in [6, 6.07) is 5.63. The van der Waals surface area contributed by atoms with Gasteiger partial charge in [0.25, 0.3) is 0 Å². The van der Waals surface area contributed by atoms with Crippen molar-refractivity contribution in [2.24, 2.45) is 10.8 Å². The maximum atomic E-state index is 6.88. The number of hydrogen-bond acceptors (Lipinski definition) is 2. The number of hydrazone groups is 1. The number of hydrogen-bond donors (Lipinski definition) is 3. The maximum Gasteiger partial charge on any atom is 0.206 e. The zero-order chi connectivity index (χ0) is 10.6. The Morgan fingerprint density at radius 2 is 2.36 bits per heavy atom. The van der Waals surface area contributed by atoms with E-state index >= 15 is 0 Å². The number of aryl methyl sites for hydroxylation is 1. The van der Waals surface area contributed by atoms with Gasteiger partial charge in [-0.1, -0.05) is 29.8 Å². The van der Waals surface area contributed by atoms with Crippen molar-refractivity contribution < 1.29 is 0 Å². The Morgan fingerprint density at radius 3 is 3.00 bits per heavy atom. The number of guanidine groups is 1. The number of nitrogens with zero attached hydrogens (tertiary/aromatic N) is 1. The van der Waals surface area contributed by atoms with Crippen molar-refractivity contribution >= 4 is 23.8 Å². The van der Waals surface area contributed by atoms with E-state index in [1.54, 1.807) is 0 Å². The van der Waals surface area contributed by atoms with Crippen molar-refractivity contribution in [2.75, 3.05) is 0 Å². The number of nitrogens with two attached hydrogens (primary N) is 1. The normalized spacial score (nSPS) is 10.4. The van der Waals surface area contributed by atoms with Crippen LogP contribution in [0.5, 0.6) is 0 Å². The molecule has 4 N–H and O–H groups in total. The largest absolute Gasteiger partial charge is 0.369 e. The lowest BCUT2D eigenvalue weighted by molar-refractivity contribution is 1.00. The monoisotopic (exact) mass is 210 g/mol. The molecule has 74 valence electrons. The van der Waals surface area contributed by atoms with Crippen molar-refractivity contribution in [3.8, 4) is 0 Å². The molecule has 0 radical (unpaired) electrons. The average Bonchev–Trinajstić information content (AvgIpc) is 2.12. The lowest BCUT2D eigenvalue weighted by atomic mass is 10.1. The fourth-order valence-corrected chi connectivity index (χ4v) is 1.12. The molecule has 1 aromatic carbocycles. The van der Waals surface area contributed by atoms with Gasteiger partial charge in [-0.15, -0.1) is 0 Å². The molecule has 0 aliphatic rings. The van der Waals surface area contributed by atoms with Gasteiger partial charge in [-0.05, 0) is 12.5 Å². The van der Waals surface area contributed by atoms with Crippen molar-refractivity contribution in [3.05, 3.63) is 34.3 Å². The molecule has 0 unspecified atom stereocenters. The van der Waals surface area contributed by atoms with Crippen LogP contribution in [0.4, 0.5) is 0 Å². The zero-order valence-electron chi connectivity index (χ0n) is 7.71. The highest BCUT2D eigenvalue weighted by molar-refractivity contribution is 6.33. The Labute approximate surface area is 87.3 Å². The third-order valence-corrected chi connectivity index (χ3v) is 2.13. The third-order valence-electron chi connectivity index (χ3n) is 1.61. The molecule has 1 aromatic rings. The molecular weight excluding hydrogens is 200 g/mol. The summed E-state index contributed by atoms with van der Waals surface area (Å²) in [6.45, 7) is 1.91. The first-order valence-electron chi connectivity index (χ1n) is 3.99. The SMILES string of the molecule is Cc1cccc(C=NNC(=N)N)c1Cl. The Bertz CT molecular complexity index is 373. The van der Waals surface area contributed by atoms with Crippen molar-refractivity contribution in [1.29, 1.82) is 5.41 Å². The second-order valence-electron chi connectivity index (χ2n) is 2.76. The standard InChI is InChI=1S/C9H11ClN4/c1-6-3-2-4-7(8(6)10)5-13-14-9(11)12/h2-5H,1H3,(H4,11,12,14). The molecule has 0 amide bonds. The summed E-state index contributed by atoms with van der Waals surface area (Å²) in [7, 11) is 0. The van der Waals surface area contributed by atoms with Crippen molar-refractivity contribution in [2.45, 2.75) is 6.92 Å². The minimum atomic E-state index is -0.204. The van der Waals surface area contributed by atoms with E-state index in [0.29, 0.717) is 5.02 Å².